The normalized spacial score (nSPS) is 11.5. The summed E-state index contributed by atoms with van der Waals surface area (Å²) in [5.74, 6) is 0.622. The second-order valence-electron chi connectivity index (χ2n) is 14.4. The summed E-state index contributed by atoms with van der Waals surface area (Å²) < 4.78 is 12.8. The van der Waals surface area contributed by atoms with Gasteiger partial charge in [0.1, 0.15) is 16.7 Å². The number of hydrogen-bond acceptors (Lipinski definition) is 4. The van der Waals surface area contributed by atoms with Crippen LogP contribution in [-0.2, 0) is 0 Å². The van der Waals surface area contributed by atoms with Crippen molar-refractivity contribution in [2.24, 2.45) is 0 Å². The number of fused-ring (bicyclic) bond motifs is 6. The summed E-state index contributed by atoms with van der Waals surface area (Å²) in [6.45, 7) is 0. The van der Waals surface area contributed by atoms with Gasteiger partial charge in [-0.3, -0.25) is 0 Å². The lowest BCUT2D eigenvalue weighted by Gasteiger charge is -2.26. The minimum absolute atomic E-state index is 0.622. The third-order valence-electron chi connectivity index (χ3n) is 10.9. The van der Waals surface area contributed by atoms with E-state index in [0.29, 0.717) is 5.89 Å². The van der Waals surface area contributed by atoms with Crippen LogP contribution in [0, 0.1) is 0 Å². The van der Waals surface area contributed by atoms with E-state index in [1.807, 2.05) is 24.3 Å². The van der Waals surface area contributed by atoms with E-state index in [0.717, 1.165) is 77.9 Å². The first-order valence-corrected chi connectivity index (χ1v) is 19.2. The van der Waals surface area contributed by atoms with Gasteiger partial charge in [0.15, 0.2) is 5.58 Å². The Bertz CT molecular complexity index is 3170. The van der Waals surface area contributed by atoms with Gasteiger partial charge in [0.05, 0.1) is 0 Å². The van der Waals surface area contributed by atoms with Crippen molar-refractivity contribution in [2.45, 2.75) is 0 Å². The van der Waals surface area contributed by atoms with Crippen molar-refractivity contribution in [1.82, 2.24) is 4.98 Å². The minimum atomic E-state index is 0.622. The summed E-state index contributed by atoms with van der Waals surface area (Å²) >= 11 is 0. The molecule has 0 aliphatic carbocycles. The number of benzene rings is 9. The van der Waals surface area contributed by atoms with Crippen molar-refractivity contribution in [3.63, 3.8) is 0 Å². The number of oxazole rings is 1. The molecule has 0 saturated heterocycles. The summed E-state index contributed by atoms with van der Waals surface area (Å²) in [5, 5.41) is 4.56. The quantitative estimate of drug-likeness (QED) is 0.164. The molecule has 0 spiro atoms. The van der Waals surface area contributed by atoms with Crippen molar-refractivity contribution in [2.75, 3.05) is 4.90 Å². The highest BCUT2D eigenvalue weighted by Gasteiger charge is 2.19. The summed E-state index contributed by atoms with van der Waals surface area (Å²) in [4.78, 5) is 6.99. The van der Waals surface area contributed by atoms with Gasteiger partial charge in [-0.05, 0) is 117 Å². The van der Waals surface area contributed by atoms with E-state index in [4.69, 9.17) is 8.83 Å². The third kappa shape index (κ3) is 5.83. The van der Waals surface area contributed by atoms with Crippen LogP contribution < -0.4 is 4.90 Å². The molecular weight excluding hydrogens is 697 g/mol. The van der Waals surface area contributed by atoms with E-state index in [1.165, 1.54) is 21.9 Å². The van der Waals surface area contributed by atoms with Crippen LogP contribution in [0.3, 0.4) is 0 Å². The number of para-hydroxylation sites is 3. The predicted molar refractivity (Wildman–Crippen MR) is 235 cm³/mol. The average molecular weight is 731 g/mol. The molecule has 11 aromatic rings. The lowest BCUT2D eigenvalue weighted by molar-refractivity contribution is 0.620. The Kier molecular flexibility index (Phi) is 7.78. The molecule has 0 aliphatic rings. The van der Waals surface area contributed by atoms with Crippen LogP contribution in [0.4, 0.5) is 17.1 Å². The fraction of sp³-hybridized carbons (Fsp3) is 0. The third-order valence-corrected chi connectivity index (χ3v) is 10.9. The van der Waals surface area contributed by atoms with Gasteiger partial charge in [-0.2, -0.15) is 0 Å². The topological polar surface area (TPSA) is 42.4 Å². The Morgan fingerprint density at radius 1 is 0.368 bits per heavy atom. The summed E-state index contributed by atoms with van der Waals surface area (Å²) in [7, 11) is 0. The summed E-state index contributed by atoms with van der Waals surface area (Å²) in [6, 6.07) is 72.3. The van der Waals surface area contributed by atoms with E-state index >= 15 is 0 Å². The Hall–Kier alpha value is -7.69. The molecule has 0 N–H and O–H groups in total. The van der Waals surface area contributed by atoms with Gasteiger partial charge in [-0.15, -0.1) is 0 Å². The monoisotopic (exact) mass is 730 g/mol. The molecular formula is C53H34N2O2. The van der Waals surface area contributed by atoms with E-state index in [-0.39, 0.29) is 0 Å². The molecule has 9 aromatic carbocycles. The van der Waals surface area contributed by atoms with Crippen molar-refractivity contribution >= 4 is 60.9 Å². The standard InChI is InChI=1S/C53H34N2O2/c1-3-11-35(12-4-1)36-23-28-43(29-24-36)55(42-14-5-2-6-15-42)44-30-25-38(26-31-44)46-34-41-13-7-8-16-45(41)51-47-33-40(27-32-49(47)56-52(46)51)37-19-21-39(22-20-37)53-54-48-17-9-10-18-50(48)57-53/h1-34H. The highest BCUT2D eigenvalue weighted by molar-refractivity contribution is 6.23. The van der Waals surface area contributed by atoms with Crippen LogP contribution in [-0.4, -0.2) is 4.98 Å². The molecule has 11 rings (SSSR count). The van der Waals surface area contributed by atoms with Crippen LogP contribution in [0.5, 0.6) is 0 Å². The van der Waals surface area contributed by atoms with Crippen LogP contribution in [0.1, 0.15) is 0 Å². The smallest absolute Gasteiger partial charge is 0.227 e. The first-order chi connectivity index (χ1) is 28.2. The fourth-order valence-corrected chi connectivity index (χ4v) is 8.07. The van der Waals surface area contributed by atoms with Gasteiger partial charge >= 0.3 is 0 Å². The van der Waals surface area contributed by atoms with Gasteiger partial charge in [0, 0.05) is 39.0 Å². The Morgan fingerprint density at radius 2 is 0.930 bits per heavy atom. The van der Waals surface area contributed by atoms with Gasteiger partial charge in [-0.25, -0.2) is 4.98 Å². The van der Waals surface area contributed by atoms with Gasteiger partial charge in [-0.1, -0.05) is 127 Å². The molecule has 2 aromatic heterocycles. The van der Waals surface area contributed by atoms with E-state index in [2.05, 4.69) is 192 Å². The molecule has 0 aliphatic heterocycles. The van der Waals surface area contributed by atoms with E-state index in [9.17, 15) is 0 Å². The fourth-order valence-electron chi connectivity index (χ4n) is 8.07. The van der Waals surface area contributed by atoms with Gasteiger partial charge in [0.25, 0.3) is 0 Å². The Labute approximate surface area is 329 Å². The van der Waals surface area contributed by atoms with Crippen LogP contribution in [0.2, 0.25) is 0 Å². The van der Waals surface area contributed by atoms with Crippen molar-refractivity contribution in [3.8, 4) is 44.8 Å². The number of furan rings is 1. The number of aromatic nitrogens is 1. The van der Waals surface area contributed by atoms with Crippen LogP contribution in [0.25, 0.3) is 88.6 Å². The molecule has 4 nitrogen and oxygen atoms in total. The second kappa shape index (κ2) is 13.6. The van der Waals surface area contributed by atoms with Gasteiger partial charge in [0.2, 0.25) is 5.89 Å². The molecule has 0 unspecified atom stereocenters. The largest absolute Gasteiger partial charge is 0.455 e. The molecule has 0 amide bonds. The van der Waals surface area contributed by atoms with Crippen molar-refractivity contribution in [1.29, 1.82) is 0 Å². The maximum Gasteiger partial charge on any atom is 0.227 e. The first kappa shape index (κ1) is 32.7. The Balaban J connectivity index is 0.977. The zero-order chi connectivity index (χ0) is 37.7. The first-order valence-electron chi connectivity index (χ1n) is 19.2. The molecule has 0 atom stereocenters. The molecule has 268 valence electrons. The minimum Gasteiger partial charge on any atom is -0.455 e. The second-order valence-corrected chi connectivity index (χ2v) is 14.4. The Morgan fingerprint density at radius 3 is 1.68 bits per heavy atom. The zero-order valence-electron chi connectivity index (χ0n) is 30.8. The van der Waals surface area contributed by atoms with Crippen molar-refractivity contribution < 1.29 is 8.83 Å². The lowest BCUT2D eigenvalue weighted by Crippen LogP contribution is -2.09. The summed E-state index contributed by atoms with van der Waals surface area (Å²) in [5.41, 5.74) is 14.4. The predicted octanol–water partition coefficient (Wildman–Crippen LogP) is 15.0. The summed E-state index contributed by atoms with van der Waals surface area (Å²) in [6.07, 6.45) is 0. The molecule has 0 fully saturated rings. The molecule has 0 radical (unpaired) electrons. The van der Waals surface area contributed by atoms with Crippen LogP contribution >= 0.6 is 0 Å². The van der Waals surface area contributed by atoms with E-state index in [1.54, 1.807) is 0 Å². The SMILES string of the molecule is c1ccc(-c2ccc(N(c3ccccc3)c3ccc(-c4cc5ccccc5c5c4oc4ccc(-c6ccc(-c7nc8ccccc8o7)cc6)cc45)cc3)cc2)cc1. The highest BCUT2D eigenvalue weighted by Crippen LogP contribution is 2.43. The number of anilines is 3. The maximum atomic E-state index is 6.78. The average Bonchev–Trinajstić information content (AvgIpc) is 3.90. The number of rotatable bonds is 7. The zero-order valence-corrected chi connectivity index (χ0v) is 30.8. The lowest BCUT2D eigenvalue weighted by atomic mass is 9.95. The van der Waals surface area contributed by atoms with Gasteiger partial charge < -0.3 is 13.7 Å². The van der Waals surface area contributed by atoms with Crippen molar-refractivity contribution in [3.05, 3.63) is 206 Å². The number of hydrogen-bond donors (Lipinski definition) is 0. The molecule has 2 heterocycles. The maximum absolute atomic E-state index is 6.78. The molecule has 57 heavy (non-hydrogen) atoms. The molecule has 0 bridgehead atoms. The number of nitrogens with zero attached hydrogens (tertiary/aromatic N) is 2. The molecule has 4 heteroatoms. The van der Waals surface area contributed by atoms with Crippen LogP contribution in [0.15, 0.2) is 215 Å². The highest BCUT2D eigenvalue weighted by atomic mass is 16.3. The molecule has 0 saturated carbocycles. The van der Waals surface area contributed by atoms with E-state index < -0.39 is 0 Å².